The summed E-state index contributed by atoms with van der Waals surface area (Å²) in [6.07, 6.45) is 2.87. The van der Waals surface area contributed by atoms with Crippen LogP contribution in [0.2, 0.25) is 0 Å². The van der Waals surface area contributed by atoms with Crippen molar-refractivity contribution in [1.29, 1.82) is 0 Å². The maximum Gasteiger partial charge on any atom is 0.246 e. The van der Waals surface area contributed by atoms with Crippen LogP contribution in [0.1, 0.15) is 51.4 Å². The average molecular weight is 813 g/mol. The first-order valence-corrected chi connectivity index (χ1v) is 20.3. The zero-order chi connectivity index (χ0) is 42.0. The molecule has 6 aromatic rings. The van der Waals surface area contributed by atoms with Gasteiger partial charge in [-0.2, -0.15) is 0 Å². The van der Waals surface area contributed by atoms with E-state index in [1.165, 1.54) is 4.90 Å². The van der Waals surface area contributed by atoms with Crippen LogP contribution >= 0.6 is 11.3 Å². The molecule has 3 amide bonds. The van der Waals surface area contributed by atoms with E-state index in [0.29, 0.717) is 16.8 Å². The molecule has 4 atom stereocenters. The minimum atomic E-state index is -0.958. The Bertz CT molecular complexity index is 2470. The third-order valence-electron chi connectivity index (χ3n) is 10.7. The number of nitrogens with zero attached hydrogens (tertiary/aromatic N) is 5. The van der Waals surface area contributed by atoms with Gasteiger partial charge >= 0.3 is 0 Å². The third-order valence-corrected chi connectivity index (χ3v) is 11.6. The van der Waals surface area contributed by atoms with Gasteiger partial charge in [-0.05, 0) is 71.3 Å². The second-order valence-electron chi connectivity index (χ2n) is 16.1. The van der Waals surface area contributed by atoms with Crippen LogP contribution in [0.5, 0.6) is 5.75 Å². The summed E-state index contributed by atoms with van der Waals surface area (Å²) in [4.78, 5) is 48.3. The quantitative estimate of drug-likeness (QED) is 0.0991. The summed E-state index contributed by atoms with van der Waals surface area (Å²) >= 11 is 1.58. The average Bonchev–Trinajstić information content (AvgIpc) is 3.97. The zero-order valence-electron chi connectivity index (χ0n) is 33.6. The Morgan fingerprint density at radius 2 is 1.61 bits per heavy atom. The van der Waals surface area contributed by atoms with Crippen LogP contribution in [0, 0.1) is 12.3 Å². The van der Waals surface area contributed by atoms with Crippen LogP contribution in [0.25, 0.3) is 44.0 Å². The largest absolute Gasteiger partial charge is 0.507 e. The highest BCUT2D eigenvalue weighted by molar-refractivity contribution is 7.13. The van der Waals surface area contributed by atoms with Gasteiger partial charge in [-0.25, -0.2) is 4.98 Å². The molecule has 0 bridgehead atoms. The number of phenolic OH excluding ortho intramolecular Hbond substituents is 1. The van der Waals surface area contributed by atoms with Gasteiger partial charge in [-0.15, -0.1) is 21.5 Å². The Balaban J connectivity index is 0.990. The molecule has 304 valence electrons. The van der Waals surface area contributed by atoms with Gasteiger partial charge in [0.2, 0.25) is 17.7 Å². The van der Waals surface area contributed by atoms with Crippen molar-refractivity contribution >= 4 is 34.9 Å². The van der Waals surface area contributed by atoms with Gasteiger partial charge < -0.3 is 36.0 Å². The van der Waals surface area contributed by atoms with Gasteiger partial charge in [-0.3, -0.25) is 14.4 Å². The number of β-amino-alcohol motifs (C(OH)–C–C–N with tert-alkyl or cyclic N) is 1. The maximum absolute atomic E-state index is 14.2. The molecule has 3 aromatic carbocycles. The van der Waals surface area contributed by atoms with E-state index in [-0.39, 0.29) is 48.9 Å². The molecule has 0 saturated carbocycles. The molecule has 7 rings (SSSR count). The number of hydrogen-bond donors (Lipinski definition) is 5. The van der Waals surface area contributed by atoms with E-state index < -0.39 is 29.5 Å². The number of rotatable bonds is 11. The van der Waals surface area contributed by atoms with E-state index in [4.69, 9.17) is 5.73 Å². The molecule has 0 radical (unpaired) electrons. The molecule has 3 aromatic heterocycles. The standard InChI is InChI=1S/C45H48N8O5S/c1-26(28-10-16-31(17-11-28)40-27(2)47-25-59-40)48-43(57)37-20-33(54)23-53(37)44(58)41(45(3,4)5)49-39(56)24-52-19-18-32(22-52)29-12-14-30(15-13-29)35-21-36(50-51-42(35)46)34-8-6-7-9-38(34)55/h6-19,21-22,25-26,33,37,41,54-55H,20,23-24H2,1-5H3,(H2,46,51)(H,48,57)(H,49,56)/t26-,33+,37-,41+/m0/s1. The second-order valence-corrected chi connectivity index (χ2v) is 16.9. The van der Waals surface area contributed by atoms with E-state index in [0.717, 1.165) is 38.4 Å². The minimum Gasteiger partial charge on any atom is -0.507 e. The number of nitrogen functional groups attached to an aromatic ring is 1. The van der Waals surface area contributed by atoms with Crippen LogP contribution in [0.4, 0.5) is 5.82 Å². The second kappa shape index (κ2) is 16.8. The lowest BCUT2D eigenvalue weighted by molar-refractivity contribution is -0.144. The van der Waals surface area contributed by atoms with Gasteiger partial charge in [-0.1, -0.05) is 81.4 Å². The van der Waals surface area contributed by atoms with Crippen molar-refractivity contribution in [2.45, 2.75) is 71.8 Å². The van der Waals surface area contributed by atoms with Crippen LogP contribution in [-0.2, 0) is 20.9 Å². The predicted octanol–water partition coefficient (Wildman–Crippen LogP) is 6.37. The number of thiazole rings is 1. The summed E-state index contributed by atoms with van der Waals surface area (Å²) in [6.45, 7) is 9.37. The van der Waals surface area contributed by atoms with Crippen LogP contribution in [0.3, 0.4) is 0 Å². The summed E-state index contributed by atoms with van der Waals surface area (Å²) in [6, 6.07) is 24.1. The summed E-state index contributed by atoms with van der Waals surface area (Å²) in [5.74, 6) is -0.808. The summed E-state index contributed by atoms with van der Waals surface area (Å²) < 4.78 is 1.74. The molecule has 59 heavy (non-hydrogen) atoms. The molecule has 1 aliphatic heterocycles. The fourth-order valence-corrected chi connectivity index (χ4v) is 8.21. The molecule has 6 N–H and O–H groups in total. The molecule has 0 aliphatic carbocycles. The van der Waals surface area contributed by atoms with Gasteiger partial charge in [0.15, 0.2) is 5.82 Å². The lowest BCUT2D eigenvalue weighted by atomic mass is 9.85. The topological polar surface area (TPSA) is 189 Å². The molecule has 0 spiro atoms. The number of carbonyl (C=O) groups is 3. The molecule has 0 unspecified atom stereocenters. The van der Waals surface area contributed by atoms with Crippen molar-refractivity contribution in [2.75, 3.05) is 12.3 Å². The molecule has 13 nitrogen and oxygen atoms in total. The van der Waals surface area contributed by atoms with Crippen molar-refractivity contribution in [3.63, 3.8) is 0 Å². The van der Waals surface area contributed by atoms with E-state index >= 15 is 0 Å². The number of likely N-dealkylation sites (tertiary alicyclic amines) is 1. The number of aliphatic hydroxyl groups excluding tert-OH is 1. The van der Waals surface area contributed by atoms with Crippen molar-refractivity contribution in [3.05, 3.63) is 114 Å². The smallest absolute Gasteiger partial charge is 0.246 e. The van der Waals surface area contributed by atoms with Crippen molar-refractivity contribution in [1.82, 2.24) is 35.3 Å². The predicted molar refractivity (Wildman–Crippen MR) is 229 cm³/mol. The number of aromatic hydroxyl groups is 1. The number of hydrogen-bond acceptors (Lipinski definition) is 10. The molecular weight excluding hydrogens is 765 g/mol. The summed E-state index contributed by atoms with van der Waals surface area (Å²) in [7, 11) is 0. The van der Waals surface area contributed by atoms with Gasteiger partial charge in [0.25, 0.3) is 0 Å². The normalized spacial score (nSPS) is 16.4. The van der Waals surface area contributed by atoms with Gasteiger partial charge in [0.05, 0.1) is 33.9 Å². The Labute approximate surface area is 347 Å². The van der Waals surface area contributed by atoms with Crippen LogP contribution in [-0.4, -0.2) is 77.3 Å². The van der Waals surface area contributed by atoms with E-state index in [1.54, 1.807) is 46.4 Å². The zero-order valence-corrected chi connectivity index (χ0v) is 34.4. The van der Waals surface area contributed by atoms with E-state index in [9.17, 15) is 24.6 Å². The highest BCUT2D eigenvalue weighted by atomic mass is 32.1. The monoisotopic (exact) mass is 812 g/mol. The summed E-state index contributed by atoms with van der Waals surface area (Å²) in [5, 5.41) is 35.3. The van der Waals surface area contributed by atoms with E-state index in [2.05, 4.69) is 25.8 Å². The number of para-hydroxylation sites is 1. The van der Waals surface area contributed by atoms with Crippen molar-refractivity contribution in [2.24, 2.45) is 5.41 Å². The van der Waals surface area contributed by atoms with E-state index in [1.807, 2.05) is 107 Å². The minimum absolute atomic E-state index is 0.0154. The first-order chi connectivity index (χ1) is 28.2. The van der Waals surface area contributed by atoms with Crippen LogP contribution in [0.15, 0.2) is 103 Å². The number of aliphatic hydroxyl groups is 1. The SMILES string of the molecule is Cc1ncsc1-c1ccc([C@H](C)NC(=O)[C@@H]2C[C@@H](O)CN2C(=O)[C@@H](NC(=O)Cn2ccc(-c3ccc(-c4cc(-c5ccccc5O)nnc4N)cc3)c2)C(C)(C)C)cc1. The van der Waals surface area contributed by atoms with Gasteiger partial charge in [0, 0.05) is 36.5 Å². The number of aromatic nitrogens is 4. The Morgan fingerprint density at radius 3 is 2.29 bits per heavy atom. The lowest BCUT2D eigenvalue weighted by Gasteiger charge is -2.35. The number of anilines is 1. The molecular formula is C45H48N8O5S. The van der Waals surface area contributed by atoms with Crippen LogP contribution < -0.4 is 16.4 Å². The highest BCUT2D eigenvalue weighted by Gasteiger charge is 2.44. The number of nitrogens with two attached hydrogens (primary N) is 1. The number of nitrogens with one attached hydrogen (secondary N) is 2. The summed E-state index contributed by atoms with van der Waals surface area (Å²) in [5.41, 5.74) is 14.6. The Kier molecular flexibility index (Phi) is 11.6. The first-order valence-electron chi connectivity index (χ1n) is 19.4. The first kappa shape index (κ1) is 40.8. The van der Waals surface area contributed by atoms with Gasteiger partial charge in [0.1, 0.15) is 24.4 Å². The number of carbonyl (C=O) groups excluding carboxylic acids is 3. The molecule has 14 heteroatoms. The number of amides is 3. The fourth-order valence-electron chi connectivity index (χ4n) is 7.39. The molecule has 1 fully saturated rings. The third kappa shape index (κ3) is 9.03. The Hall–Kier alpha value is -6.38. The number of benzene rings is 3. The molecule has 1 aliphatic rings. The number of aryl methyl sites for hydroxylation is 1. The molecule has 4 heterocycles. The number of phenols is 1. The van der Waals surface area contributed by atoms with Crippen molar-refractivity contribution < 1.29 is 24.6 Å². The Morgan fingerprint density at radius 1 is 0.915 bits per heavy atom. The lowest BCUT2D eigenvalue weighted by Crippen LogP contribution is -2.58. The van der Waals surface area contributed by atoms with Crippen molar-refractivity contribution in [3.8, 4) is 49.7 Å². The highest BCUT2D eigenvalue weighted by Crippen LogP contribution is 2.34. The maximum atomic E-state index is 14.2. The molecule has 1 saturated heterocycles. The fraction of sp³-hybridized carbons (Fsp3) is 0.289.